The molecule has 2 rings (SSSR count). The number of fused-ring (bicyclic) bond motifs is 1. The smallest absolute Gasteiger partial charge is 0.0809 e. The second-order valence-corrected chi connectivity index (χ2v) is 4.06. The van der Waals surface area contributed by atoms with Crippen LogP contribution in [0.3, 0.4) is 0 Å². The molecule has 0 fully saturated rings. The molecular weight excluding hydrogens is 180 g/mol. The highest BCUT2D eigenvalue weighted by atomic mass is 32.1. The molecule has 1 aromatic heterocycles. The van der Waals surface area contributed by atoms with Gasteiger partial charge in [-0.25, -0.2) is 0 Å². The van der Waals surface area contributed by atoms with Gasteiger partial charge in [-0.1, -0.05) is 18.2 Å². The van der Waals surface area contributed by atoms with Crippen LogP contribution >= 0.6 is 11.3 Å². The van der Waals surface area contributed by atoms with Gasteiger partial charge in [0.15, 0.2) is 0 Å². The molecule has 0 atom stereocenters. The molecule has 0 aliphatic heterocycles. The summed E-state index contributed by atoms with van der Waals surface area (Å²) in [5.41, 5.74) is 0. The SMILES string of the molecule is CCOCc1cc2ccccc2s1. The molecule has 2 heteroatoms. The van der Waals surface area contributed by atoms with E-state index >= 15 is 0 Å². The van der Waals surface area contributed by atoms with Crippen molar-refractivity contribution in [1.82, 2.24) is 0 Å². The van der Waals surface area contributed by atoms with E-state index in [1.54, 1.807) is 0 Å². The molecule has 0 unspecified atom stereocenters. The Hall–Kier alpha value is -0.860. The topological polar surface area (TPSA) is 9.23 Å². The van der Waals surface area contributed by atoms with Crippen LogP contribution in [0.2, 0.25) is 0 Å². The third kappa shape index (κ3) is 1.90. The second kappa shape index (κ2) is 3.90. The minimum Gasteiger partial charge on any atom is -0.376 e. The van der Waals surface area contributed by atoms with Crippen LogP contribution in [0.25, 0.3) is 10.1 Å². The lowest BCUT2D eigenvalue weighted by Crippen LogP contribution is -1.87. The molecule has 2 aromatic rings. The fraction of sp³-hybridized carbons (Fsp3) is 0.273. The van der Waals surface area contributed by atoms with E-state index < -0.39 is 0 Å². The average molecular weight is 192 g/mol. The standard InChI is InChI=1S/C11H12OS/c1-2-12-8-10-7-9-5-3-4-6-11(9)13-10/h3-7H,2,8H2,1H3. The molecule has 0 amide bonds. The van der Waals surface area contributed by atoms with E-state index in [9.17, 15) is 0 Å². The minimum absolute atomic E-state index is 0.746. The van der Waals surface area contributed by atoms with E-state index in [4.69, 9.17) is 4.74 Å². The van der Waals surface area contributed by atoms with Gasteiger partial charge in [-0.05, 0) is 24.4 Å². The number of hydrogen-bond donors (Lipinski definition) is 0. The first-order chi connectivity index (χ1) is 6.40. The van der Waals surface area contributed by atoms with E-state index in [0.29, 0.717) is 0 Å². The number of ether oxygens (including phenoxy) is 1. The van der Waals surface area contributed by atoms with Gasteiger partial charge in [0, 0.05) is 16.2 Å². The molecule has 0 aliphatic carbocycles. The predicted octanol–water partition coefficient (Wildman–Crippen LogP) is 3.44. The highest BCUT2D eigenvalue weighted by Crippen LogP contribution is 2.25. The van der Waals surface area contributed by atoms with Crippen LogP contribution in [0, 0.1) is 0 Å². The largest absolute Gasteiger partial charge is 0.376 e. The van der Waals surface area contributed by atoms with Crippen LogP contribution in [0.5, 0.6) is 0 Å². The van der Waals surface area contributed by atoms with Crippen molar-refractivity contribution in [2.75, 3.05) is 6.61 Å². The molecular formula is C11H12OS. The summed E-state index contributed by atoms with van der Waals surface area (Å²) in [6, 6.07) is 10.6. The summed E-state index contributed by atoms with van der Waals surface area (Å²) in [5, 5.41) is 1.32. The van der Waals surface area contributed by atoms with Crippen molar-refractivity contribution in [3.8, 4) is 0 Å². The molecule has 1 aromatic carbocycles. The Morgan fingerprint density at radius 3 is 2.92 bits per heavy atom. The Bertz CT molecular complexity index is 359. The maximum Gasteiger partial charge on any atom is 0.0809 e. The maximum absolute atomic E-state index is 5.36. The fourth-order valence-corrected chi connectivity index (χ4v) is 2.31. The zero-order valence-corrected chi connectivity index (χ0v) is 8.43. The van der Waals surface area contributed by atoms with Crippen molar-refractivity contribution in [3.63, 3.8) is 0 Å². The molecule has 0 bridgehead atoms. The van der Waals surface area contributed by atoms with Gasteiger partial charge in [0.2, 0.25) is 0 Å². The van der Waals surface area contributed by atoms with Crippen LogP contribution < -0.4 is 0 Å². The van der Waals surface area contributed by atoms with Gasteiger partial charge in [0.05, 0.1) is 6.61 Å². The van der Waals surface area contributed by atoms with Crippen molar-refractivity contribution in [2.45, 2.75) is 13.5 Å². The van der Waals surface area contributed by atoms with Gasteiger partial charge >= 0.3 is 0 Å². The average Bonchev–Trinajstić information content (AvgIpc) is 2.57. The molecule has 1 heterocycles. The van der Waals surface area contributed by atoms with Crippen molar-refractivity contribution < 1.29 is 4.74 Å². The molecule has 0 saturated heterocycles. The number of hydrogen-bond acceptors (Lipinski definition) is 2. The molecule has 1 nitrogen and oxygen atoms in total. The van der Waals surface area contributed by atoms with Crippen LogP contribution in [0.15, 0.2) is 30.3 Å². The lowest BCUT2D eigenvalue weighted by molar-refractivity contribution is 0.136. The Kier molecular flexibility index (Phi) is 2.62. The summed E-state index contributed by atoms with van der Waals surface area (Å²) in [5.74, 6) is 0. The van der Waals surface area contributed by atoms with Crippen LogP contribution in [0.4, 0.5) is 0 Å². The van der Waals surface area contributed by atoms with Gasteiger partial charge in [-0.3, -0.25) is 0 Å². The summed E-state index contributed by atoms with van der Waals surface area (Å²) in [6.07, 6.45) is 0. The molecule has 0 aliphatic rings. The molecule has 13 heavy (non-hydrogen) atoms. The first-order valence-electron chi connectivity index (χ1n) is 4.45. The van der Waals surface area contributed by atoms with Crippen LogP contribution in [-0.2, 0) is 11.3 Å². The quantitative estimate of drug-likeness (QED) is 0.724. The van der Waals surface area contributed by atoms with E-state index in [-0.39, 0.29) is 0 Å². The number of rotatable bonds is 3. The highest BCUT2D eigenvalue weighted by Gasteiger charge is 1.99. The van der Waals surface area contributed by atoms with Gasteiger partial charge in [0.1, 0.15) is 0 Å². The fourth-order valence-electron chi connectivity index (χ4n) is 1.31. The van der Waals surface area contributed by atoms with Gasteiger partial charge in [0.25, 0.3) is 0 Å². The second-order valence-electron chi connectivity index (χ2n) is 2.89. The summed E-state index contributed by atoms with van der Waals surface area (Å²) >= 11 is 1.81. The molecule has 0 saturated carbocycles. The van der Waals surface area contributed by atoms with Crippen LogP contribution in [0.1, 0.15) is 11.8 Å². The van der Waals surface area contributed by atoms with Crippen LogP contribution in [-0.4, -0.2) is 6.61 Å². The summed E-state index contributed by atoms with van der Waals surface area (Å²) in [7, 11) is 0. The van der Waals surface area contributed by atoms with Gasteiger partial charge < -0.3 is 4.74 Å². The Labute approximate surface area is 82.0 Å². The predicted molar refractivity (Wildman–Crippen MR) is 57.2 cm³/mol. The van der Waals surface area contributed by atoms with Crippen molar-refractivity contribution in [1.29, 1.82) is 0 Å². The van der Waals surface area contributed by atoms with E-state index in [2.05, 4.69) is 30.3 Å². The first kappa shape index (κ1) is 8.73. The summed E-state index contributed by atoms with van der Waals surface area (Å²) < 4.78 is 6.70. The number of thiophene rings is 1. The molecule has 0 N–H and O–H groups in total. The van der Waals surface area contributed by atoms with Gasteiger partial charge in [-0.2, -0.15) is 0 Å². The van der Waals surface area contributed by atoms with E-state index in [0.717, 1.165) is 13.2 Å². The zero-order chi connectivity index (χ0) is 9.10. The lowest BCUT2D eigenvalue weighted by Gasteiger charge is -1.94. The summed E-state index contributed by atoms with van der Waals surface area (Å²) in [6.45, 7) is 3.55. The van der Waals surface area contributed by atoms with Crippen molar-refractivity contribution in [3.05, 3.63) is 35.2 Å². The normalized spacial score (nSPS) is 10.8. The minimum atomic E-state index is 0.746. The third-order valence-corrected chi connectivity index (χ3v) is 3.01. The zero-order valence-electron chi connectivity index (χ0n) is 7.62. The number of benzene rings is 1. The highest BCUT2D eigenvalue weighted by molar-refractivity contribution is 7.19. The van der Waals surface area contributed by atoms with Gasteiger partial charge in [-0.15, -0.1) is 11.3 Å². The summed E-state index contributed by atoms with van der Waals surface area (Å²) in [4.78, 5) is 1.31. The Morgan fingerprint density at radius 2 is 2.15 bits per heavy atom. The molecule has 68 valence electrons. The van der Waals surface area contributed by atoms with Crippen molar-refractivity contribution in [2.24, 2.45) is 0 Å². The maximum atomic E-state index is 5.36. The third-order valence-electron chi connectivity index (χ3n) is 1.92. The Balaban J connectivity index is 2.28. The molecule has 0 spiro atoms. The lowest BCUT2D eigenvalue weighted by atomic mass is 10.2. The Morgan fingerprint density at radius 1 is 1.31 bits per heavy atom. The first-order valence-corrected chi connectivity index (χ1v) is 5.27. The molecule has 0 radical (unpaired) electrons. The van der Waals surface area contributed by atoms with Crippen molar-refractivity contribution >= 4 is 21.4 Å². The monoisotopic (exact) mass is 192 g/mol. The van der Waals surface area contributed by atoms with E-state index in [1.807, 2.05) is 18.3 Å². The van der Waals surface area contributed by atoms with E-state index in [1.165, 1.54) is 15.0 Å².